The zero-order valence-electron chi connectivity index (χ0n) is 13.8. The van der Waals surface area contributed by atoms with Crippen LogP contribution in [-0.4, -0.2) is 38.9 Å². The fraction of sp³-hybridized carbons (Fsp3) is 0.368. The molecule has 0 saturated carbocycles. The second-order valence-electron chi connectivity index (χ2n) is 6.28. The van der Waals surface area contributed by atoms with Crippen molar-refractivity contribution in [3.05, 3.63) is 55.1 Å². The topological polar surface area (TPSA) is 49.4 Å². The van der Waals surface area contributed by atoms with Crippen LogP contribution in [0.15, 0.2) is 60.0 Å². The molecule has 0 unspecified atom stereocenters. The molecule has 1 N–H and O–H groups in total. The zero-order chi connectivity index (χ0) is 17.0. The predicted molar refractivity (Wildman–Crippen MR) is 98.5 cm³/mol. The summed E-state index contributed by atoms with van der Waals surface area (Å²) < 4.78 is 28.1. The lowest BCUT2D eigenvalue weighted by molar-refractivity contribution is 0.300. The largest absolute Gasteiger partial charge is 0.317 e. The minimum absolute atomic E-state index is 0.343. The van der Waals surface area contributed by atoms with Crippen molar-refractivity contribution in [2.45, 2.75) is 17.7 Å². The maximum Gasteiger partial charge on any atom is 0.243 e. The summed E-state index contributed by atoms with van der Waals surface area (Å²) in [6.45, 7) is 6.56. The SMILES string of the molecule is C=CCN(CC1CCNCC1)S(=O)(=O)c1cccc2ccccc12. The van der Waals surface area contributed by atoms with Gasteiger partial charge in [-0.15, -0.1) is 6.58 Å². The molecule has 3 rings (SSSR count). The third kappa shape index (κ3) is 3.53. The first-order valence-electron chi connectivity index (χ1n) is 8.42. The number of benzene rings is 2. The Morgan fingerprint density at radius 2 is 1.83 bits per heavy atom. The molecule has 4 nitrogen and oxygen atoms in total. The fourth-order valence-corrected chi connectivity index (χ4v) is 5.03. The lowest BCUT2D eigenvalue weighted by atomic mass is 9.98. The maximum absolute atomic E-state index is 13.3. The van der Waals surface area contributed by atoms with Crippen molar-refractivity contribution in [1.82, 2.24) is 9.62 Å². The summed E-state index contributed by atoms with van der Waals surface area (Å²) >= 11 is 0. The third-order valence-electron chi connectivity index (χ3n) is 4.62. The van der Waals surface area contributed by atoms with E-state index in [4.69, 9.17) is 0 Å². The van der Waals surface area contributed by atoms with Crippen LogP contribution in [0.4, 0.5) is 0 Å². The summed E-state index contributed by atoms with van der Waals surface area (Å²) in [5.41, 5.74) is 0. The lowest BCUT2D eigenvalue weighted by Crippen LogP contribution is -2.39. The van der Waals surface area contributed by atoms with Gasteiger partial charge in [-0.05, 0) is 43.3 Å². The molecule has 128 valence electrons. The van der Waals surface area contributed by atoms with Gasteiger partial charge in [0.25, 0.3) is 0 Å². The van der Waals surface area contributed by atoms with E-state index in [1.54, 1.807) is 16.4 Å². The summed E-state index contributed by atoms with van der Waals surface area (Å²) in [4.78, 5) is 0.386. The van der Waals surface area contributed by atoms with Crippen molar-refractivity contribution in [2.75, 3.05) is 26.2 Å². The molecular weight excluding hydrogens is 320 g/mol. The van der Waals surface area contributed by atoms with E-state index < -0.39 is 10.0 Å². The summed E-state index contributed by atoms with van der Waals surface area (Å²) in [7, 11) is -3.55. The van der Waals surface area contributed by atoms with E-state index in [1.807, 2.05) is 36.4 Å². The van der Waals surface area contributed by atoms with Crippen molar-refractivity contribution in [2.24, 2.45) is 5.92 Å². The Bertz CT molecular complexity index is 806. The van der Waals surface area contributed by atoms with Crippen LogP contribution in [0.3, 0.4) is 0 Å². The molecule has 0 aliphatic carbocycles. The molecule has 2 aromatic rings. The van der Waals surface area contributed by atoms with Gasteiger partial charge in [0.1, 0.15) is 0 Å². The van der Waals surface area contributed by atoms with E-state index in [0.29, 0.717) is 23.9 Å². The van der Waals surface area contributed by atoms with E-state index in [-0.39, 0.29) is 0 Å². The molecule has 1 heterocycles. The quantitative estimate of drug-likeness (QED) is 0.820. The van der Waals surface area contributed by atoms with Crippen LogP contribution in [0, 0.1) is 5.92 Å². The standard InChI is InChI=1S/C19H24N2O2S/c1-2-14-21(15-16-10-12-20-13-11-16)24(22,23)19-9-5-7-17-6-3-4-8-18(17)19/h2-9,16,20H,1,10-15H2. The molecule has 2 aromatic carbocycles. The maximum atomic E-state index is 13.3. The van der Waals surface area contributed by atoms with E-state index in [2.05, 4.69) is 11.9 Å². The molecule has 24 heavy (non-hydrogen) atoms. The number of hydrogen-bond donors (Lipinski definition) is 1. The highest BCUT2D eigenvalue weighted by atomic mass is 32.2. The summed E-state index contributed by atoms with van der Waals surface area (Å²) in [6, 6.07) is 13.1. The number of nitrogens with one attached hydrogen (secondary N) is 1. The molecule has 0 amide bonds. The second-order valence-corrected chi connectivity index (χ2v) is 8.19. The Morgan fingerprint density at radius 3 is 2.58 bits per heavy atom. The van der Waals surface area contributed by atoms with Gasteiger partial charge < -0.3 is 5.32 Å². The zero-order valence-corrected chi connectivity index (χ0v) is 14.6. The number of sulfonamides is 1. The van der Waals surface area contributed by atoms with Gasteiger partial charge in [0.05, 0.1) is 4.90 Å². The number of hydrogen-bond acceptors (Lipinski definition) is 3. The van der Waals surface area contributed by atoms with E-state index in [9.17, 15) is 8.42 Å². The predicted octanol–water partition coefficient (Wildman–Crippen LogP) is 3.02. The first kappa shape index (κ1) is 17.1. The number of nitrogens with zero attached hydrogens (tertiary/aromatic N) is 1. The lowest BCUT2D eigenvalue weighted by Gasteiger charge is -2.29. The Labute approximate surface area is 144 Å². The van der Waals surface area contributed by atoms with Gasteiger partial charge in [0, 0.05) is 18.5 Å². The van der Waals surface area contributed by atoms with Gasteiger partial charge in [-0.25, -0.2) is 8.42 Å². The van der Waals surface area contributed by atoms with Crippen molar-refractivity contribution >= 4 is 20.8 Å². The molecule has 1 fully saturated rings. The van der Waals surface area contributed by atoms with E-state index >= 15 is 0 Å². The third-order valence-corrected chi connectivity index (χ3v) is 6.51. The monoisotopic (exact) mass is 344 g/mol. The first-order valence-corrected chi connectivity index (χ1v) is 9.86. The molecule has 0 spiro atoms. The van der Waals surface area contributed by atoms with Crippen LogP contribution < -0.4 is 5.32 Å². The number of fused-ring (bicyclic) bond motifs is 1. The molecule has 0 atom stereocenters. The smallest absolute Gasteiger partial charge is 0.243 e. The van der Waals surface area contributed by atoms with Crippen LogP contribution in [0.5, 0.6) is 0 Å². The highest BCUT2D eigenvalue weighted by molar-refractivity contribution is 7.89. The Hall–Kier alpha value is -1.69. The highest BCUT2D eigenvalue weighted by Gasteiger charge is 2.28. The molecule has 0 aromatic heterocycles. The van der Waals surface area contributed by atoms with Gasteiger partial charge in [0.2, 0.25) is 10.0 Å². The molecule has 0 radical (unpaired) electrons. The molecule has 0 bridgehead atoms. The van der Waals surface area contributed by atoms with Crippen LogP contribution >= 0.6 is 0 Å². The van der Waals surface area contributed by atoms with Crippen LogP contribution in [0.25, 0.3) is 10.8 Å². The Kier molecular flexibility index (Phi) is 5.33. The van der Waals surface area contributed by atoms with Gasteiger partial charge in [-0.3, -0.25) is 0 Å². The van der Waals surface area contributed by atoms with Gasteiger partial charge in [-0.2, -0.15) is 4.31 Å². The molecule has 1 saturated heterocycles. The highest BCUT2D eigenvalue weighted by Crippen LogP contribution is 2.27. The average Bonchev–Trinajstić information content (AvgIpc) is 2.61. The van der Waals surface area contributed by atoms with Crippen molar-refractivity contribution in [3.63, 3.8) is 0 Å². The van der Waals surface area contributed by atoms with Gasteiger partial charge in [0.15, 0.2) is 0 Å². The summed E-state index contributed by atoms with van der Waals surface area (Å²) in [6.07, 6.45) is 3.70. The van der Waals surface area contributed by atoms with Crippen molar-refractivity contribution in [1.29, 1.82) is 0 Å². The molecule has 1 aliphatic rings. The summed E-state index contributed by atoms with van der Waals surface area (Å²) in [5, 5.41) is 5.05. The van der Waals surface area contributed by atoms with Crippen molar-refractivity contribution in [3.8, 4) is 0 Å². The van der Waals surface area contributed by atoms with Crippen LogP contribution in [0.2, 0.25) is 0 Å². The minimum atomic E-state index is -3.55. The first-order chi connectivity index (χ1) is 11.6. The van der Waals surface area contributed by atoms with Crippen LogP contribution in [-0.2, 0) is 10.0 Å². The summed E-state index contributed by atoms with van der Waals surface area (Å²) in [5.74, 6) is 0.399. The molecule has 5 heteroatoms. The number of piperidine rings is 1. The normalized spacial score (nSPS) is 16.5. The Balaban J connectivity index is 1.96. The average molecular weight is 344 g/mol. The molecular formula is C19H24N2O2S. The van der Waals surface area contributed by atoms with Crippen LogP contribution in [0.1, 0.15) is 12.8 Å². The Morgan fingerprint density at radius 1 is 1.12 bits per heavy atom. The molecule has 1 aliphatic heterocycles. The minimum Gasteiger partial charge on any atom is -0.317 e. The fourth-order valence-electron chi connectivity index (χ4n) is 3.33. The van der Waals surface area contributed by atoms with Crippen molar-refractivity contribution < 1.29 is 8.42 Å². The van der Waals surface area contributed by atoms with Gasteiger partial charge in [-0.1, -0.05) is 42.5 Å². The number of rotatable bonds is 6. The van der Waals surface area contributed by atoms with E-state index in [0.717, 1.165) is 36.7 Å². The second kappa shape index (κ2) is 7.47. The van der Waals surface area contributed by atoms with Gasteiger partial charge >= 0.3 is 0 Å². The van der Waals surface area contributed by atoms with E-state index in [1.165, 1.54) is 0 Å².